The Morgan fingerprint density at radius 2 is 1.41 bits per heavy atom. The van der Waals surface area contributed by atoms with Gasteiger partial charge in [0.2, 0.25) is 0 Å². The average molecular weight is 595 g/mol. The highest BCUT2D eigenvalue weighted by Gasteiger charge is 2.56. The predicted molar refractivity (Wildman–Crippen MR) is 154 cm³/mol. The van der Waals surface area contributed by atoms with Gasteiger partial charge < -0.3 is 14.4 Å². The van der Waals surface area contributed by atoms with Crippen LogP contribution in [-0.4, -0.2) is 39.9 Å². The van der Waals surface area contributed by atoms with Gasteiger partial charge in [-0.15, -0.1) is 0 Å². The van der Waals surface area contributed by atoms with E-state index in [4.69, 9.17) is 4.74 Å². The first-order valence-corrected chi connectivity index (χ1v) is 15.1. The van der Waals surface area contributed by atoms with E-state index in [1.54, 1.807) is 12.1 Å². The maximum absolute atomic E-state index is 12.9. The number of hydrogen-bond acceptors (Lipinski definition) is 3. The number of phenolic OH excluding ortho intramolecular Hbond substituents is 1. The van der Waals surface area contributed by atoms with Crippen LogP contribution in [0.1, 0.15) is 48.8 Å². The first-order valence-electron chi connectivity index (χ1n) is 13.6. The molecule has 0 fully saturated rings. The molecule has 41 heavy (non-hydrogen) atoms. The van der Waals surface area contributed by atoms with Crippen LogP contribution in [0.25, 0.3) is 5.57 Å². The van der Waals surface area contributed by atoms with E-state index in [2.05, 4.69) is 18.2 Å². The molecule has 0 amide bonds. The molecule has 0 radical (unpaired) electrons. The van der Waals surface area contributed by atoms with E-state index < -0.39 is 36.1 Å². The maximum atomic E-state index is 12.9. The van der Waals surface area contributed by atoms with Crippen molar-refractivity contribution in [3.05, 3.63) is 102 Å². The minimum Gasteiger partial charge on any atom is -0.616 e. The van der Waals surface area contributed by atoms with Gasteiger partial charge in [-0.25, -0.2) is 0 Å². The number of unbranched alkanes of at least 4 members (excludes halogenated alkanes) is 2. The molecule has 0 spiro atoms. The third-order valence-electron chi connectivity index (χ3n) is 6.55. The number of allylic oxidation sites excluding steroid dienone is 2. The molecule has 0 aliphatic carbocycles. The summed E-state index contributed by atoms with van der Waals surface area (Å²) in [6.45, 7) is 0.467. The molecule has 3 aromatic rings. The van der Waals surface area contributed by atoms with Crippen LogP contribution < -0.4 is 4.74 Å². The van der Waals surface area contributed by atoms with Crippen molar-refractivity contribution in [2.24, 2.45) is 0 Å². The Bertz CT molecular complexity index is 1200. The van der Waals surface area contributed by atoms with Crippen LogP contribution in [0.4, 0.5) is 22.0 Å². The number of phenols is 1. The van der Waals surface area contributed by atoms with Crippen molar-refractivity contribution in [2.75, 3.05) is 18.1 Å². The van der Waals surface area contributed by atoms with E-state index in [9.17, 15) is 31.6 Å². The highest BCUT2D eigenvalue weighted by atomic mass is 32.2. The Labute approximate surface area is 241 Å². The number of halogens is 5. The monoisotopic (exact) mass is 594 g/mol. The molecule has 0 heterocycles. The van der Waals surface area contributed by atoms with Gasteiger partial charge in [0.15, 0.2) is 0 Å². The smallest absolute Gasteiger partial charge is 0.453 e. The lowest BCUT2D eigenvalue weighted by Crippen LogP contribution is -2.36. The van der Waals surface area contributed by atoms with Crippen LogP contribution in [0, 0.1) is 0 Å². The Balaban J connectivity index is 1.38. The van der Waals surface area contributed by atoms with Gasteiger partial charge in [0.25, 0.3) is 0 Å². The molecule has 3 nitrogen and oxygen atoms in total. The summed E-state index contributed by atoms with van der Waals surface area (Å²) in [5, 5.41) is 9.58. The minimum atomic E-state index is -5.56. The van der Waals surface area contributed by atoms with E-state index in [-0.39, 0.29) is 17.3 Å². The molecule has 1 N–H and O–H groups in total. The predicted octanol–water partition coefficient (Wildman–Crippen LogP) is 8.54. The van der Waals surface area contributed by atoms with Crippen LogP contribution in [0.15, 0.2) is 84.9 Å². The summed E-state index contributed by atoms with van der Waals surface area (Å²) in [4.78, 5) is 0. The number of rotatable bonds is 16. The van der Waals surface area contributed by atoms with Crippen molar-refractivity contribution >= 4 is 16.7 Å². The molecule has 1 atom stereocenters. The van der Waals surface area contributed by atoms with Gasteiger partial charge in [0.05, 0.1) is 6.61 Å². The van der Waals surface area contributed by atoms with Gasteiger partial charge in [-0.1, -0.05) is 71.8 Å². The Morgan fingerprint density at radius 3 is 2.07 bits per heavy atom. The van der Waals surface area contributed by atoms with Crippen LogP contribution in [0.3, 0.4) is 0 Å². The number of benzene rings is 3. The zero-order valence-electron chi connectivity index (χ0n) is 22.7. The SMILES string of the molecule is [O-][S+](CCCCCOc1ccc(C/C=C(/Cc2ccc(O)cc2)c2ccccc2)cc1)CCCC(F)(F)C(F)(F)F. The zero-order valence-corrected chi connectivity index (χ0v) is 23.5. The molecule has 0 aromatic heterocycles. The molecule has 1 unspecified atom stereocenters. The molecule has 0 saturated heterocycles. The van der Waals surface area contributed by atoms with Gasteiger partial charge in [0.1, 0.15) is 23.0 Å². The summed E-state index contributed by atoms with van der Waals surface area (Å²) in [5.41, 5.74) is 4.58. The molecular formula is C32H35F5O3S. The third-order valence-corrected chi connectivity index (χ3v) is 8.03. The van der Waals surface area contributed by atoms with E-state index in [1.165, 1.54) is 5.57 Å². The van der Waals surface area contributed by atoms with Crippen molar-refractivity contribution in [3.8, 4) is 11.5 Å². The summed E-state index contributed by atoms with van der Waals surface area (Å²) < 4.78 is 80.0. The number of hydrogen-bond donors (Lipinski definition) is 1. The van der Waals surface area contributed by atoms with Crippen molar-refractivity contribution in [2.45, 2.75) is 57.0 Å². The van der Waals surface area contributed by atoms with Crippen LogP contribution in [0.5, 0.6) is 11.5 Å². The molecule has 0 saturated carbocycles. The first kappa shape index (κ1) is 32.5. The second-order valence-electron chi connectivity index (χ2n) is 9.85. The van der Waals surface area contributed by atoms with Gasteiger partial charge in [-0.05, 0) is 85.1 Å². The lowest BCUT2D eigenvalue weighted by atomic mass is 9.96. The van der Waals surface area contributed by atoms with E-state index >= 15 is 0 Å². The van der Waals surface area contributed by atoms with Gasteiger partial charge in [-0.2, -0.15) is 22.0 Å². The van der Waals surface area contributed by atoms with Crippen molar-refractivity contribution in [3.63, 3.8) is 0 Å². The molecule has 9 heteroatoms. The molecule has 0 aliphatic rings. The highest BCUT2D eigenvalue weighted by Crippen LogP contribution is 2.38. The van der Waals surface area contributed by atoms with E-state index in [1.807, 2.05) is 54.6 Å². The normalized spacial score (nSPS) is 13.3. The van der Waals surface area contributed by atoms with Crippen LogP contribution >= 0.6 is 0 Å². The fraction of sp³-hybridized carbons (Fsp3) is 0.375. The largest absolute Gasteiger partial charge is 0.616 e. The number of alkyl halides is 5. The summed E-state index contributed by atoms with van der Waals surface area (Å²) >= 11 is -1.41. The van der Waals surface area contributed by atoms with Crippen molar-refractivity contribution < 1.29 is 36.3 Å². The fourth-order valence-electron chi connectivity index (χ4n) is 4.17. The first-order chi connectivity index (χ1) is 19.5. The van der Waals surface area contributed by atoms with Gasteiger partial charge in [-0.3, -0.25) is 0 Å². The van der Waals surface area contributed by atoms with Crippen molar-refractivity contribution in [1.82, 2.24) is 0 Å². The number of ether oxygens (including phenoxy) is 1. The minimum absolute atomic E-state index is 0.159. The third kappa shape index (κ3) is 11.4. The summed E-state index contributed by atoms with van der Waals surface area (Å²) in [7, 11) is 0. The highest BCUT2D eigenvalue weighted by molar-refractivity contribution is 7.91. The molecule has 3 aromatic carbocycles. The zero-order chi connectivity index (χ0) is 29.7. The second-order valence-corrected chi connectivity index (χ2v) is 11.5. The summed E-state index contributed by atoms with van der Waals surface area (Å²) in [6.07, 6.45) is -1.61. The molecule has 0 bridgehead atoms. The number of aromatic hydroxyl groups is 1. The van der Waals surface area contributed by atoms with Crippen LogP contribution in [-0.2, 0) is 24.0 Å². The van der Waals surface area contributed by atoms with E-state index in [0.29, 0.717) is 19.4 Å². The second kappa shape index (κ2) is 15.8. The van der Waals surface area contributed by atoms with Gasteiger partial charge >= 0.3 is 12.1 Å². The molecule has 3 rings (SSSR count). The van der Waals surface area contributed by atoms with Crippen LogP contribution in [0.2, 0.25) is 0 Å². The lowest BCUT2D eigenvalue weighted by molar-refractivity contribution is -0.284. The lowest BCUT2D eigenvalue weighted by Gasteiger charge is -2.19. The maximum Gasteiger partial charge on any atom is 0.453 e. The molecule has 222 valence electrons. The van der Waals surface area contributed by atoms with Crippen molar-refractivity contribution in [1.29, 1.82) is 0 Å². The molecule has 0 aliphatic heterocycles. The Morgan fingerprint density at radius 1 is 0.780 bits per heavy atom. The quantitative estimate of drug-likeness (QED) is 0.103. The van der Waals surface area contributed by atoms with E-state index in [0.717, 1.165) is 41.7 Å². The average Bonchev–Trinajstić information content (AvgIpc) is 2.94. The van der Waals surface area contributed by atoms with Gasteiger partial charge in [0, 0.05) is 6.42 Å². The Hall–Kier alpha value is -3.04. The summed E-state index contributed by atoms with van der Waals surface area (Å²) in [5.74, 6) is -3.64. The standard InChI is InChI=1S/C32H35F5O3S/c33-31(34,32(35,36)37)20-7-23-41(39)22-6-2-5-21-40-30-18-13-25(14-19-30)10-15-28(27-8-3-1-4-9-27)24-26-11-16-29(38)17-12-26/h1,3-4,8-9,11-19,38H,2,5-7,10,20-24H2/b28-15-. The Kier molecular flexibility index (Phi) is 12.5. The molecular weight excluding hydrogens is 559 g/mol. The fourth-order valence-corrected chi connectivity index (χ4v) is 5.37. The summed E-state index contributed by atoms with van der Waals surface area (Å²) in [6, 6.07) is 25.3. The topological polar surface area (TPSA) is 52.5 Å².